The number of aryl methyl sites for hydroxylation is 2. The van der Waals surface area contributed by atoms with E-state index in [0.717, 1.165) is 57.3 Å². The Bertz CT molecular complexity index is 2180. The van der Waals surface area contributed by atoms with Gasteiger partial charge in [-0.25, -0.2) is 0 Å². The third kappa shape index (κ3) is 3.70. The Hall–Kier alpha value is -5.22. The lowest BCUT2D eigenvalue weighted by molar-refractivity contribution is 0.0573. The Labute approximate surface area is 257 Å². The Morgan fingerprint density at radius 1 is 0.636 bits per heavy atom. The van der Waals surface area contributed by atoms with Gasteiger partial charge in [-0.1, -0.05) is 104 Å². The third-order valence-corrected chi connectivity index (χ3v) is 9.47. The fourth-order valence-corrected chi connectivity index (χ4v) is 7.25. The molecule has 0 unspecified atom stereocenters. The van der Waals surface area contributed by atoms with E-state index in [2.05, 4.69) is 146 Å². The lowest BCUT2D eigenvalue weighted by Gasteiger charge is -2.41. The third-order valence-electron chi connectivity index (χ3n) is 9.47. The van der Waals surface area contributed by atoms with Crippen molar-refractivity contribution in [1.82, 2.24) is 9.13 Å². The van der Waals surface area contributed by atoms with E-state index in [1.165, 1.54) is 27.4 Å². The van der Waals surface area contributed by atoms with Gasteiger partial charge in [0.25, 0.3) is 0 Å². The van der Waals surface area contributed by atoms with Gasteiger partial charge in [-0.3, -0.25) is 0 Å². The average molecular weight is 575 g/mol. The monoisotopic (exact) mass is 574 g/mol. The molecule has 1 atom stereocenters. The number of aromatic nitrogens is 2. The van der Waals surface area contributed by atoms with Crippen LogP contribution in [0.2, 0.25) is 0 Å². The number of hydrogen-bond acceptors (Lipinski definition) is 2. The van der Waals surface area contributed by atoms with Crippen LogP contribution in [-0.4, -0.2) is 9.13 Å². The molecule has 0 aliphatic carbocycles. The molecule has 216 valence electrons. The van der Waals surface area contributed by atoms with Gasteiger partial charge in [0.2, 0.25) is 0 Å². The summed E-state index contributed by atoms with van der Waals surface area (Å²) >= 11 is 0. The first kappa shape index (κ1) is 26.4. The van der Waals surface area contributed by atoms with Gasteiger partial charge in [0.15, 0.2) is 17.1 Å². The molecule has 4 heteroatoms. The SMILES string of the molecule is CC[C@@]1(/C(C)=C2\OC(c3ccccc3)=Cn3c2c(C)c2ccccc23)OC(c2ccccc2)=Cn2c1c(C)c1ccccc12. The Balaban J connectivity index is 1.45. The van der Waals surface area contributed by atoms with Gasteiger partial charge in [-0.2, -0.15) is 0 Å². The molecule has 4 nitrogen and oxygen atoms in total. The molecule has 0 saturated heterocycles. The van der Waals surface area contributed by atoms with Crippen LogP contribution in [0.5, 0.6) is 0 Å². The zero-order valence-electron chi connectivity index (χ0n) is 25.5. The quantitative estimate of drug-likeness (QED) is 0.210. The van der Waals surface area contributed by atoms with Crippen molar-refractivity contribution < 1.29 is 9.47 Å². The summed E-state index contributed by atoms with van der Waals surface area (Å²) in [6, 6.07) is 38.0. The zero-order valence-corrected chi connectivity index (χ0v) is 25.5. The number of rotatable bonds is 4. The minimum atomic E-state index is -0.786. The van der Waals surface area contributed by atoms with Gasteiger partial charge in [-0.05, 0) is 50.5 Å². The van der Waals surface area contributed by atoms with E-state index in [0.29, 0.717) is 0 Å². The lowest BCUT2D eigenvalue weighted by Crippen LogP contribution is -2.36. The second-order valence-corrected chi connectivity index (χ2v) is 11.8. The molecule has 0 fully saturated rings. The molecule has 6 aromatic rings. The highest BCUT2D eigenvalue weighted by Gasteiger charge is 2.46. The number of fused-ring (bicyclic) bond motifs is 6. The first-order valence-corrected chi connectivity index (χ1v) is 15.3. The van der Waals surface area contributed by atoms with E-state index >= 15 is 0 Å². The van der Waals surface area contributed by atoms with Crippen LogP contribution in [0, 0.1) is 13.8 Å². The van der Waals surface area contributed by atoms with Crippen LogP contribution in [0.25, 0.3) is 51.5 Å². The van der Waals surface area contributed by atoms with Crippen molar-refractivity contribution in [3.05, 3.63) is 148 Å². The fraction of sp³-hybridized carbons (Fsp3) is 0.150. The predicted molar refractivity (Wildman–Crippen MR) is 181 cm³/mol. The molecule has 4 heterocycles. The summed E-state index contributed by atoms with van der Waals surface area (Å²) in [6.45, 7) is 8.84. The number of ether oxygens (including phenoxy) is 2. The van der Waals surface area contributed by atoms with E-state index in [1.807, 2.05) is 12.1 Å². The minimum Gasteiger partial charge on any atom is -0.474 e. The molecular formula is C40H34N2O2. The van der Waals surface area contributed by atoms with Crippen molar-refractivity contribution in [3.8, 4) is 0 Å². The molecule has 4 aromatic carbocycles. The molecule has 0 bridgehead atoms. The second-order valence-electron chi connectivity index (χ2n) is 11.8. The van der Waals surface area contributed by atoms with E-state index in [1.54, 1.807) is 0 Å². The number of para-hydroxylation sites is 2. The highest BCUT2D eigenvalue weighted by molar-refractivity contribution is 5.97. The lowest BCUT2D eigenvalue weighted by atomic mass is 9.83. The van der Waals surface area contributed by atoms with Gasteiger partial charge < -0.3 is 18.6 Å². The number of benzene rings is 4. The molecule has 2 aliphatic rings. The normalized spacial score (nSPS) is 18.6. The van der Waals surface area contributed by atoms with Crippen molar-refractivity contribution in [2.75, 3.05) is 0 Å². The summed E-state index contributed by atoms with van der Waals surface area (Å²) in [5.41, 5.74) is 9.29. The fourth-order valence-electron chi connectivity index (χ4n) is 7.25. The van der Waals surface area contributed by atoms with Crippen molar-refractivity contribution in [3.63, 3.8) is 0 Å². The molecule has 2 aromatic heterocycles. The summed E-state index contributed by atoms with van der Waals surface area (Å²) in [7, 11) is 0. The molecule has 44 heavy (non-hydrogen) atoms. The molecule has 0 N–H and O–H groups in total. The Morgan fingerprint density at radius 2 is 1.16 bits per heavy atom. The Kier molecular flexibility index (Phi) is 5.95. The summed E-state index contributed by atoms with van der Waals surface area (Å²) in [5, 5.41) is 2.44. The van der Waals surface area contributed by atoms with Crippen LogP contribution in [0.1, 0.15) is 53.9 Å². The number of nitrogens with zero attached hydrogens (tertiary/aromatic N) is 2. The number of hydrogen-bond donors (Lipinski definition) is 0. The highest BCUT2D eigenvalue weighted by Crippen LogP contribution is 2.52. The molecule has 0 spiro atoms. The second kappa shape index (κ2) is 9.92. The van der Waals surface area contributed by atoms with Crippen LogP contribution < -0.4 is 0 Å². The minimum absolute atomic E-state index is 0.719. The van der Waals surface area contributed by atoms with E-state index in [-0.39, 0.29) is 0 Å². The van der Waals surface area contributed by atoms with Crippen LogP contribution in [0.15, 0.2) is 115 Å². The van der Waals surface area contributed by atoms with Gasteiger partial charge >= 0.3 is 0 Å². The van der Waals surface area contributed by atoms with Gasteiger partial charge in [0, 0.05) is 27.5 Å². The average Bonchev–Trinajstić information content (AvgIpc) is 3.55. The first-order valence-electron chi connectivity index (χ1n) is 15.3. The standard InChI is InChI=1S/C40H34N2O2/c1-5-40(39-27(3)32-21-13-15-23-34(32)42(39)25-36(44-40)30-18-10-7-11-19-30)28(4)38-37-26(2)31-20-12-14-22-33(31)41(37)24-35(43-38)29-16-8-6-9-17-29/h6-25H,5H2,1-4H3/b38-28-/t40-/m0/s1. The van der Waals surface area contributed by atoms with E-state index < -0.39 is 5.60 Å². The highest BCUT2D eigenvalue weighted by atomic mass is 16.5. The van der Waals surface area contributed by atoms with Crippen molar-refractivity contribution >= 4 is 51.5 Å². The largest absolute Gasteiger partial charge is 0.474 e. The van der Waals surface area contributed by atoms with Crippen LogP contribution in [-0.2, 0) is 15.1 Å². The van der Waals surface area contributed by atoms with Crippen LogP contribution in [0.4, 0.5) is 0 Å². The van der Waals surface area contributed by atoms with Gasteiger partial charge in [-0.15, -0.1) is 0 Å². The predicted octanol–water partition coefficient (Wildman–Crippen LogP) is 10.2. The molecule has 0 amide bonds. The van der Waals surface area contributed by atoms with Gasteiger partial charge in [0.1, 0.15) is 5.76 Å². The maximum absolute atomic E-state index is 7.30. The molecule has 2 aliphatic heterocycles. The molecular weight excluding hydrogens is 540 g/mol. The van der Waals surface area contributed by atoms with Crippen molar-refractivity contribution in [2.24, 2.45) is 0 Å². The van der Waals surface area contributed by atoms with E-state index in [4.69, 9.17) is 9.47 Å². The smallest absolute Gasteiger partial charge is 0.174 e. The molecule has 8 rings (SSSR count). The topological polar surface area (TPSA) is 28.3 Å². The summed E-state index contributed by atoms with van der Waals surface area (Å²) < 4.78 is 19.0. The van der Waals surface area contributed by atoms with Crippen molar-refractivity contribution in [2.45, 2.75) is 39.7 Å². The summed E-state index contributed by atoms with van der Waals surface area (Å²) in [6.07, 6.45) is 5.01. The van der Waals surface area contributed by atoms with E-state index in [9.17, 15) is 0 Å². The maximum Gasteiger partial charge on any atom is 0.174 e. The van der Waals surface area contributed by atoms with Crippen molar-refractivity contribution in [1.29, 1.82) is 0 Å². The molecule has 0 radical (unpaired) electrons. The van der Waals surface area contributed by atoms with Gasteiger partial charge in [0.05, 0.1) is 34.8 Å². The Morgan fingerprint density at radius 3 is 1.80 bits per heavy atom. The zero-order chi connectivity index (χ0) is 30.0. The first-order chi connectivity index (χ1) is 21.5. The summed E-state index contributed by atoms with van der Waals surface area (Å²) in [4.78, 5) is 0. The van der Waals surface area contributed by atoms with Crippen LogP contribution in [0.3, 0.4) is 0 Å². The summed E-state index contributed by atoms with van der Waals surface area (Å²) in [5.74, 6) is 2.49. The molecule has 0 saturated carbocycles. The maximum atomic E-state index is 7.30. The van der Waals surface area contributed by atoms with Crippen LogP contribution >= 0.6 is 0 Å².